The molecule has 0 atom stereocenters. The maximum atomic E-state index is 13.4. The molecule has 1 N–H and O–H groups in total. The van der Waals surface area contributed by atoms with E-state index in [2.05, 4.69) is 16.9 Å². The molecule has 0 radical (unpaired) electrons. The second-order valence-corrected chi connectivity index (χ2v) is 9.73. The van der Waals surface area contributed by atoms with Crippen molar-refractivity contribution in [1.82, 2.24) is 19.8 Å². The van der Waals surface area contributed by atoms with E-state index >= 15 is 0 Å². The van der Waals surface area contributed by atoms with Crippen molar-refractivity contribution in [2.45, 2.75) is 0 Å². The van der Waals surface area contributed by atoms with Crippen LogP contribution in [0, 0.1) is 0 Å². The minimum absolute atomic E-state index is 0. The minimum atomic E-state index is -0.249. The van der Waals surface area contributed by atoms with Crippen molar-refractivity contribution in [3.63, 3.8) is 0 Å². The lowest BCUT2D eigenvalue weighted by atomic mass is 10.1. The number of piperazine rings is 1. The van der Waals surface area contributed by atoms with Gasteiger partial charge >= 0.3 is 0 Å². The van der Waals surface area contributed by atoms with E-state index in [1.807, 2.05) is 41.3 Å². The van der Waals surface area contributed by atoms with Gasteiger partial charge in [-0.05, 0) is 37.4 Å². The summed E-state index contributed by atoms with van der Waals surface area (Å²) >= 11 is 0. The van der Waals surface area contributed by atoms with Crippen molar-refractivity contribution in [2.24, 2.45) is 0 Å². The molecule has 2 amide bonds. The zero-order valence-electron chi connectivity index (χ0n) is 23.8. The number of pyridine rings is 1. The molecule has 0 unspecified atom stereocenters. The molecule has 216 valence electrons. The van der Waals surface area contributed by atoms with Crippen LogP contribution in [0.25, 0.3) is 22.3 Å². The number of ether oxygens (including phenoxy) is 3. The number of anilines is 1. The van der Waals surface area contributed by atoms with Gasteiger partial charge in [-0.15, -0.1) is 12.4 Å². The van der Waals surface area contributed by atoms with Crippen LogP contribution >= 0.6 is 12.4 Å². The summed E-state index contributed by atoms with van der Waals surface area (Å²) in [5.74, 6) is 1.16. The fourth-order valence-corrected chi connectivity index (χ4v) is 4.82. The summed E-state index contributed by atoms with van der Waals surface area (Å²) < 4.78 is 16.2. The molecule has 4 aromatic rings. The fraction of sp³-hybridized carbons (Fsp3) is 0.300. The van der Waals surface area contributed by atoms with E-state index in [0.29, 0.717) is 39.7 Å². The number of nitrogens with zero attached hydrogens (tertiary/aromatic N) is 4. The standard InChI is InChI=1S/C30H33N5O5.ClH/c1-33-12-14-35(15-13-33)29(36)20-8-6-19(7-9-20)22-10-11-23-24(31-22)18-25(32-23)30(37)34(2)21-16-26(38-3)28(40-5)27(17-21)39-4;/h6-11,16-18,32H,12-15H2,1-5H3;1H. The van der Waals surface area contributed by atoms with Gasteiger partial charge in [0, 0.05) is 56.5 Å². The molecule has 1 aliphatic heterocycles. The Bertz CT molecular complexity index is 1520. The maximum Gasteiger partial charge on any atom is 0.274 e. The van der Waals surface area contributed by atoms with E-state index in [0.717, 1.165) is 43.0 Å². The summed E-state index contributed by atoms with van der Waals surface area (Å²) in [6.07, 6.45) is 0. The second-order valence-electron chi connectivity index (χ2n) is 9.73. The molecule has 2 aromatic heterocycles. The van der Waals surface area contributed by atoms with Gasteiger partial charge in [-0.1, -0.05) is 12.1 Å². The number of carbonyl (C=O) groups excluding carboxylic acids is 2. The zero-order chi connectivity index (χ0) is 28.4. The average molecular weight is 580 g/mol. The molecule has 2 aromatic carbocycles. The molecule has 41 heavy (non-hydrogen) atoms. The predicted molar refractivity (Wildman–Crippen MR) is 161 cm³/mol. The smallest absolute Gasteiger partial charge is 0.274 e. The van der Waals surface area contributed by atoms with Crippen molar-refractivity contribution in [1.29, 1.82) is 0 Å². The van der Waals surface area contributed by atoms with Gasteiger partial charge < -0.3 is 33.9 Å². The summed E-state index contributed by atoms with van der Waals surface area (Å²) in [5.41, 5.74) is 4.69. The summed E-state index contributed by atoms with van der Waals surface area (Å²) in [5, 5.41) is 0. The van der Waals surface area contributed by atoms with E-state index in [1.165, 1.54) is 26.2 Å². The molecule has 10 nitrogen and oxygen atoms in total. The number of methoxy groups -OCH3 is 3. The average Bonchev–Trinajstić information content (AvgIpc) is 3.43. The number of halogens is 1. The minimum Gasteiger partial charge on any atom is -0.493 e. The van der Waals surface area contributed by atoms with Crippen LogP contribution in [0.15, 0.2) is 54.6 Å². The topological polar surface area (TPSA) is 100 Å². The molecule has 11 heteroatoms. The first-order chi connectivity index (χ1) is 19.3. The third-order valence-corrected chi connectivity index (χ3v) is 7.27. The molecule has 1 aliphatic rings. The molecule has 0 aliphatic carbocycles. The lowest BCUT2D eigenvalue weighted by Crippen LogP contribution is -2.47. The van der Waals surface area contributed by atoms with Crippen molar-refractivity contribution in [3.8, 4) is 28.5 Å². The van der Waals surface area contributed by atoms with E-state index in [9.17, 15) is 9.59 Å². The molecule has 1 saturated heterocycles. The van der Waals surface area contributed by atoms with Crippen LogP contribution < -0.4 is 19.1 Å². The van der Waals surface area contributed by atoms with Crippen LogP contribution in [0.2, 0.25) is 0 Å². The number of hydrogen-bond donors (Lipinski definition) is 1. The highest BCUT2D eigenvalue weighted by molar-refractivity contribution is 6.07. The van der Waals surface area contributed by atoms with Gasteiger partial charge in [0.15, 0.2) is 11.5 Å². The first-order valence-corrected chi connectivity index (χ1v) is 13.0. The number of benzene rings is 2. The number of H-pyrrole nitrogens is 1. The van der Waals surface area contributed by atoms with Gasteiger partial charge in [-0.2, -0.15) is 0 Å². The largest absolute Gasteiger partial charge is 0.493 e. The molecular weight excluding hydrogens is 546 g/mol. The second kappa shape index (κ2) is 12.5. The molecule has 1 fully saturated rings. The molecule has 5 rings (SSSR count). The Morgan fingerprint density at radius 2 is 1.51 bits per heavy atom. The quantitative estimate of drug-likeness (QED) is 0.348. The molecular formula is C30H34ClN5O5. The summed E-state index contributed by atoms with van der Waals surface area (Å²) in [4.78, 5) is 39.8. The van der Waals surface area contributed by atoms with E-state index < -0.39 is 0 Å². The lowest BCUT2D eigenvalue weighted by Gasteiger charge is -2.32. The Labute approximate surface area is 245 Å². The normalized spacial score (nSPS) is 13.4. The van der Waals surface area contributed by atoms with E-state index in [1.54, 1.807) is 25.2 Å². The third-order valence-electron chi connectivity index (χ3n) is 7.27. The van der Waals surface area contributed by atoms with Crippen molar-refractivity contribution in [3.05, 3.63) is 65.9 Å². The molecule has 3 heterocycles. The number of fused-ring (bicyclic) bond motifs is 1. The number of aromatic amines is 1. The van der Waals surface area contributed by atoms with Crippen LogP contribution in [-0.4, -0.2) is 93.2 Å². The number of hydrogen-bond acceptors (Lipinski definition) is 7. The SMILES string of the molecule is COc1cc(N(C)C(=O)c2cc3nc(-c4ccc(C(=O)N5CCN(C)CC5)cc4)ccc3[nH]2)cc(OC)c1OC.Cl. The van der Waals surface area contributed by atoms with Crippen molar-refractivity contribution < 1.29 is 23.8 Å². The molecule has 0 spiro atoms. The lowest BCUT2D eigenvalue weighted by molar-refractivity contribution is 0.0664. The van der Waals surface area contributed by atoms with Crippen LogP contribution in [0.4, 0.5) is 5.69 Å². The number of amides is 2. The Kier molecular flexibility index (Phi) is 9.05. The zero-order valence-corrected chi connectivity index (χ0v) is 24.6. The molecule has 0 saturated carbocycles. The maximum absolute atomic E-state index is 13.4. The van der Waals surface area contributed by atoms with Crippen molar-refractivity contribution >= 4 is 40.9 Å². The monoisotopic (exact) mass is 579 g/mol. The summed E-state index contributed by atoms with van der Waals surface area (Å²) in [6.45, 7) is 3.23. The Morgan fingerprint density at radius 3 is 2.10 bits per heavy atom. The van der Waals surface area contributed by atoms with Gasteiger partial charge in [0.1, 0.15) is 5.69 Å². The number of aromatic nitrogens is 2. The summed E-state index contributed by atoms with van der Waals surface area (Å²) in [7, 11) is 8.34. The van der Waals surface area contributed by atoms with Crippen molar-refractivity contribution in [2.75, 3.05) is 66.5 Å². The van der Waals surface area contributed by atoms with Gasteiger partial charge in [-0.25, -0.2) is 4.98 Å². The van der Waals surface area contributed by atoms with Gasteiger partial charge in [0.2, 0.25) is 5.75 Å². The Morgan fingerprint density at radius 1 is 0.878 bits per heavy atom. The number of likely N-dealkylation sites (N-methyl/N-ethyl adjacent to an activating group) is 1. The number of rotatable bonds is 7. The highest BCUT2D eigenvalue weighted by Crippen LogP contribution is 2.41. The number of nitrogens with one attached hydrogen (secondary N) is 1. The van der Waals surface area contributed by atoms with Gasteiger partial charge in [0.05, 0.1) is 43.7 Å². The van der Waals surface area contributed by atoms with Gasteiger partial charge in [-0.3, -0.25) is 9.59 Å². The van der Waals surface area contributed by atoms with Crippen LogP contribution in [0.3, 0.4) is 0 Å². The van der Waals surface area contributed by atoms with Crippen LogP contribution in [0.5, 0.6) is 17.2 Å². The van der Waals surface area contributed by atoms with Crippen LogP contribution in [0.1, 0.15) is 20.8 Å². The highest BCUT2D eigenvalue weighted by atomic mass is 35.5. The third kappa shape index (κ3) is 5.94. The fourth-order valence-electron chi connectivity index (χ4n) is 4.82. The Hall–Kier alpha value is -4.28. The summed E-state index contributed by atoms with van der Waals surface area (Å²) in [6, 6.07) is 16.5. The first kappa shape index (κ1) is 29.7. The molecule has 0 bridgehead atoms. The first-order valence-electron chi connectivity index (χ1n) is 13.0. The number of carbonyl (C=O) groups is 2. The van der Waals surface area contributed by atoms with E-state index in [4.69, 9.17) is 19.2 Å². The van der Waals surface area contributed by atoms with E-state index in [-0.39, 0.29) is 24.2 Å². The predicted octanol–water partition coefficient (Wildman–Crippen LogP) is 4.34. The Balaban J connectivity index is 0.00000387. The highest BCUT2D eigenvalue weighted by Gasteiger charge is 2.22. The van der Waals surface area contributed by atoms with Gasteiger partial charge in [0.25, 0.3) is 11.8 Å². The van der Waals surface area contributed by atoms with Crippen LogP contribution in [-0.2, 0) is 0 Å².